The molecule has 238 valence electrons. The molecule has 0 fully saturated rings. The van der Waals surface area contributed by atoms with Crippen molar-refractivity contribution in [3.63, 3.8) is 0 Å². The fourth-order valence-corrected chi connectivity index (χ4v) is 5.10. The van der Waals surface area contributed by atoms with E-state index in [4.69, 9.17) is 10.5 Å². The minimum absolute atomic E-state index is 0.0957. The van der Waals surface area contributed by atoms with Gasteiger partial charge in [-0.05, 0) is 47.7 Å². The van der Waals surface area contributed by atoms with Crippen molar-refractivity contribution in [1.82, 2.24) is 15.4 Å². The van der Waals surface area contributed by atoms with Crippen molar-refractivity contribution in [3.8, 4) is 5.75 Å². The van der Waals surface area contributed by atoms with Crippen LogP contribution in [0.4, 0.5) is 0 Å². The van der Waals surface area contributed by atoms with E-state index in [0.717, 1.165) is 28.5 Å². The van der Waals surface area contributed by atoms with Gasteiger partial charge in [0, 0.05) is 19.5 Å². The summed E-state index contributed by atoms with van der Waals surface area (Å²) in [6.07, 6.45) is 1.33. The van der Waals surface area contributed by atoms with Gasteiger partial charge in [0.2, 0.25) is 21.8 Å². The lowest BCUT2D eigenvalue weighted by molar-refractivity contribution is -0.129. The average Bonchev–Trinajstić information content (AvgIpc) is 3.05. The maximum atomic E-state index is 13.4. The van der Waals surface area contributed by atoms with Gasteiger partial charge in [0.05, 0.1) is 12.9 Å². The fourth-order valence-electron chi connectivity index (χ4n) is 4.39. The predicted molar refractivity (Wildman–Crippen MR) is 178 cm³/mol. The Labute approximate surface area is 266 Å². The van der Waals surface area contributed by atoms with Gasteiger partial charge < -0.3 is 21.1 Å². The zero-order valence-corrected chi connectivity index (χ0v) is 26.5. The van der Waals surface area contributed by atoms with Crippen molar-refractivity contribution in [2.75, 3.05) is 12.9 Å². The molecule has 0 aliphatic carbocycles. The Morgan fingerprint density at radius 1 is 0.689 bits per heavy atom. The molecule has 0 spiro atoms. The third-order valence-corrected chi connectivity index (χ3v) is 7.37. The molecule has 0 aromatic heterocycles. The van der Waals surface area contributed by atoms with E-state index >= 15 is 0 Å². The fraction of sp³-hybridized carbons (Fsp3) is 0.257. The van der Waals surface area contributed by atoms with Gasteiger partial charge in [-0.2, -0.15) is 0 Å². The lowest BCUT2D eigenvalue weighted by atomic mass is 10.0. The van der Waals surface area contributed by atoms with Crippen molar-refractivity contribution < 1.29 is 22.7 Å². The number of benzene rings is 4. The molecule has 4 rings (SSSR count). The first-order valence-corrected chi connectivity index (χ1v) is 16.6. The monoisotopic (exact) mass is 630 g/mol. The SMILES string of the molecule is CCOc1ccc(CC(NS(C)(=O)=O)C(=O)N[C@@H](Cc2ccccc2)C(=O)NCc2ccc(CN)cc2)cc1.c1ccccc1. The summed E-state index contributed by atoms with van der Waals surface area (Å²) in [6.45, 7) is 3.09. The minimum atomic E-state index is -3.72. The van der Waals surface area contributed by atoms with Crippen molar-refractivity contribution in [1.29, 1.82) is 0 Å². The molecule has 2 atom stereocenters. The van der Waals surface area contributed by atoms with E-state index in [1.165, 1.54) is 0 Å². The first-order chi connectivity index (χ1) is 21.7. The van der Waals surface area contributed by atoms with Crippen LogP contribution in [-0.4, -0.2) is 45.2 Å². The highest BCUT2D eigenvalue weighted by Gasteiger charge is 2.28. The van der Waals surface area contributed by atoms with Gasteiger partial charge in [0.15, 0.2) is 0 Å². The molecule has 4 aromatic rings. The molecule has 0 heterocycles. The van der Waals surface area contributed by atoms with Crippen LogP contribution in [0, 0.1) is 0 Å². The third-order valence-electron chi connectivity index (χ3n) is 6.65. The summed E-state index contributed by atoms with van der Waals surface area (Å²) >= 11 is 0. The van der Waals surface area contributed by atoms with E-state index in [0.29, 0.717) is 18.9 Å². The van der Waals surface area contributed by atoms with Crippen LogP contribution in [0.2, 0.25) is 0 Å². The van der Waals surface area contributed by atoms with Gasteiger partial charge in [-0.3, -0.25) is 9.59 Å². The Kier molecular flexibility index (Phi) is 14.2. The summed E-state index contributed by atoms with van der Waals surface area (Å²) < 4.78 is 32.0. The largest absolute Gasteiger partial charge is 0.494 e. The molecule has 45 heavy (non-hydrogen) atoms. The Morgan fingerprint density at radius 3 is 1.71 bits per heavy atom. The smallest absolute Gasteiger partial charge is 0.243 e. The lowest BCUT2D eigenvalue weighted by Gasteiger charge is -2.23. The average molecular weight is 631 g/mol. The minimum Gasteiger partial charge on any atom is -0.494 e. The van der Waals surface area contributed by atoms with E-state index in [1.807, 2.05) is 97.9 Å². The van der Waals surface area contributed by atoms with Crippen LogP contribution in [0.3, 0.4) is 0 Å². The number of ether oxygens (including phenoxy) is 1. The molecule has 1 unspecified atom stereocenters. The molecular weight excluding hydrogens is 588 g/mol. The molecule has 0 radical (unpaired) electrons. The normalized spacial score (nSPS) is 12.2. The van der Waals surface area contributed by atoms with Crippen molar-refractivity contribution in [3.05, 3.63) is 138 Å². The van der Waals surface area contributed by atoms with Gasteiger partial charge >= 0.3 is 0 Å². The van der Waals surface area contributed by atoms with Gasteiger partial charge in [-0.25, -0.2) is 13.1 Å². The quantitative estimate of drug-likeness (QED) is 0.167. The second kappa shape index (κ2) is 18.3. The second-order valence-electron chi connectivity index (χ2n) is 10.4. The van der Waals surface area contributed by atoms with E-state index in [9.17, 15) is 18.0 Å². The van der Waals surface area contributed by atoms with Crippen LogP contribution in [-0.2, 0) is 45.5 Å². The summed E-state index contributed by atoms with van der Waals surface area (Å²) in [7, 11) is -3.72. The Balaban J connectivity index is 0.000000821. The topological polar surface area (TPSA) is 140 Å². The Morgan fingerprint density at radius 2 is 1.18 bits per heavy atom. The summed E-state index contributed by atoms with van der Waals surface area (Å²) in [5, 5.41) is 5.66. The van der Waals surface area contributed by atoms with Crippen LogP contribution >= 0.6 is 0 Å². The van der Waals surface area contributed by atoms with Crippen LogP contribution in [0.1, 0.15) is 29.2 Å². The number of nitrogens with one attached hydrogen (secondary N) is 3. The van der Waals surface area contributed by atoms with Gasteiger partial charge in [0.1, 0.15) is 17.8 Å². The molecule has 0 aliphatic heterocycles. The van der Waals surface area contributed by atoms with E-state index in [-0.39, 0.29) is 25.3 Å². The van der Waals surface area contributed by atoms with Crippen LogP contribution < -0.4 is 25.8 Å². The van der Waals surface area contributed by atoms with Crippen molar-refractivity contribution >= 4 is 21.8 Å². The first kappa shape index (κ1) is 35.0. The maximum Gasteiger partial charge on any atom is 0.243 e. The van der Waals surface area contributed by atoms with E-state index in [1.54, 1.807) is 24.3 Å². The summed E-state index contributed by atoms with van der Waals surface area (Å²) in [5.41, 5.74) is 9.11. The van der Waals surface area contributed by atoms with Gasteiger partial charge in [0.25, 0.3) is 0 Å². The molecule has 0 bridgehead atoms. The molecule has 0 aliphatic rings. The molecule has 0 saturated heterocycles. The zero-order valence-electron chi connectivity index (χ0n) is 25.7. The summed E-state index contributed by atoms with van der Waals surface area (Å²) in [5.74, 6) is -0.303. The lowest BCUT2D eigenvalue weighted by Crippen LogP contribution is -2.54. The van der Waals surface area contributed by atoms with Gasteiger partial charge in [-0.1, -0.05) is 103 Å². The number of carbonyl (C=O) groups is 2. The summed E-state index contributed by atoms with van der Waals surface area (Å²) in [4.78, 5) is 26.6. The number of hydrogen-bond acceptors (Lipinski definition) is 6. The summed E-state index contributed by atoms with van der Waals surface area (Å²) in [6, 6.07) is 33.9. The molecular formula is C35H42N4O5S. The van der Waals surface area contributed by atoms with Crippen LogP contribution in [0.15, 0.2) is 115 Å². The highest BCUT2D eigenvalue weighted by Crippen LogP contribution is 2.14. The molecule has 0 saturated carbocycles. The molecule has 2 amide bonds. The second-order valence-corrected chi connectivity index (χ2v) is 12.1. The van der Waals surface area contributed by atoms with Crippen LogP contribution in [0.25, 0.3) is 0 Å². The highest BCUT2D eigenvalue weighted by molar-refractivity contribution is 7.88. The number of hydrogen-bond donors (Lipinski definition) is 4. The van der Waals surface area contributed by atoms with Crippen LogP contribution in [0.5, 0.6) is 5.75 Å². The molecule has 9 nitrogen and oxygen atoms in total. The third kappa shape index (κ3) is 13.3. The predicted octanol–water partition coefficient (Wildman–Crippen LogP) is 3.73. The zero-order chi connectivity index (χ0) is 32.5. The Bertz CT molecular complexity index is 1520. The number of carbonyl (C=O) groups excluding carboxylic acids is 2. The number of amides is 2. The molecule has 5 N–H and O–H groups in total. The highest BCUT2D eigenvalue weighted by atomic mass is 32.2. The molecule has 4 aromatic carbocycles. The van der Waals surface area contributed by atoms with Crippen molar-refractivity contribution in [2.24, 2.45) is 5.73 Å². The van der Waals surface area contributed by atoms with E-state index < -0.39 is 28.0 Å². The number of nitrogens with two attached hydrogens (primary N) is 1. The first-order valence-electron chi connectivity index (χ1n) is 14.8. The standard InChI is InChI=1S/C29H36N4O5S.C6H6/c1-3-38-25-15-13-22(14-16-25)18-27(33-39(2,36)37)29(35)32-26(17-21-7-5-4-6-8-21)28(34)31-20-24-11-9-23(19-30)10-12-24;1-2-4-6-5-3-1/h4-16,26-27,33H,3,17-20,30H2,1-2H3,(H,31,34)(H,32,35);1-6H/t26-,27?;/m0./s1. The molecule has 10 heteroatoms. The maximum absolute atomic E-state index is 13.4. The number of sulfonamides is 1. The number of rotatable bonds is 14. The Hall–Kier alpha value is -4.51. The van der Waals surface area contributed by atoms with Gasteiger partial charge in [-0.15, -0.1) is 0 Å². The van der Waals surface area contributed by atoms with Crippen molar-refractivity contribution in [2.45, 2.75) is 44.9 Å². The van der Waals surface area contributed by atoms with E-state index in [2.05, 4.69) is 15.4 Å².